The highest BCUT2D eigenvalue weighted by Gasteiger charge is 2.25. The number of hydrogen-bond acceptors (Lipinski definition) is 5. The van der Waals surface area contributed by atoms with Crippen LogP contribution in [0.4, 0.5) is 0 Å². The van der Waals surface area contributed by atoms with Crippen LogP contribution in [-0.2, 0) is 0 Å². The molecule has 1 N–H and O–H groups in total. The van der Waals surface area contributed by atoms with Crippen molar-refractivity contribution >= 4 is 16.8 Å². The number of ether oxygens (including phenoxy) is 1. The predicted molar refractivity (Wildman–Crippen MR) is 142 cm³/mol. The van der Waals surface area contributed by atoms with E-state index in [0.29, 0.717) is 24.0 Å². The molecule has 7 nitrogen and oxygen atoms in total. The molecule has 2 heterocycles. The minimum Gasteiger partial charge on any atom is -0.492 e. The third-order valence-electron chi connectivity index (χ3n) is 6.64. The zero-order chi connectivity index (χ0) is 25.2. The summed E-state index contributed by atoms with van der Waals surface area (Å²) in [5, 5.41) is 8.77. The zero-order valence-corrected chi connectivity index (χ0v) is 21.4. The number of aromatic nitrogens is 3. The summed E-state index contributed by atoms with van der Waals surface area (Å²) in [5.41, 5.74) is 5.31. The van der Waals surface area contributed by atoms with E-state index in [1.54, 1.807) is 0 Å². The molecule has 2 aromatic heterocycles. The number of pyridine rings is 1. The molecule has 186 valence electrons. The van der Waals surface area contributed by atoms with E-state index in [-0.39, 0.29) is 11.9 Å². The number of rotatable bonds is 9. The monoisotopic (exact) mass is 483 g/mol. The highest BCUT2D eigenvalue weighted by molar-refractivity contribution is 5.96. The minimum atomic E-state index is -0.222. The van der Waals surface area contributed by atoms with Gasteiger partial charge in [-0.1, -0.05) is 24.3 Å². The Morgan fingerprint density at radius 1 is 1.19 bits per heavy atom. The Kier molecular flexibility index (Phi) is 6.74. The van der Waals surface area contributed by atoms with Gasteiger partial charge in [-0.05, 0) is 76.2 Å². The molecule has 2 aromatic carbocycles. The van der Waals surface area contributed by atoms with Crippen LogP contribution in [0.1, 0.15) is 53.3 Å². The maximum Gasteiger partial charge on any atom is 0.252 e. The summed E-state index contributed by atoms with van der Waals surface area (Å²) in [6, 6.07) is 16.1. The van der Waals surface area contributed by atoms with Crippen molar-refractivity contribution in [2.24, 2.45) is 0 Å². The standard InChI is InChI=1S/C29H33N5O2/c1-19-9-12-23(36-14-13-33(3)4)15-25(19)29(35)31-20(2)26-16-28(32-27-8-6-5-7-24(26)27)21-17-30-34(18-21)22-10-11-22/h5-9,12,15-18,20,22H,10-11,13-14H2,1-4H3,(H,31,35). The van der Waals surface area contributed by atoms with Crippen molar-refractivity contribution in [2.45, 2.75) is 38.8 Å². The Morgan fingerprint density at radius 3 is 2.78 bits per heavy atom. The average Bonchev–Trinajstić information content (AvgIpc) is 3.60. The molecule has 1 aliphatic carbocycles. The van der Waals surface area contributed by atoms with Crippen molar-refractivity contribution in [1.82, 2.24) is 25.0 Å². The van der Waals surface area contributed by atoms with E-state index in [1.165, 1.54) is 12.8 Å². The van der Waals surface area contributed by atoms with E-state index in [4.69, 9.17) is 9.72 Å². The molecule has 1 unspecified atom stereocenters. The Morgan fingerprint density at radius 2 is 2.00 bits per heavy atom. The summed E-state index contributed by atoms with van der Waals surface area (Å²) in [7, 11) is 4.01. The lowest BCUT2D eigenvalue weighted by molar-refractivity contribution is 0.0939. The first-order valence-corrected chi connectivity index (χ1v) is 12.5. The van der Waals surface area contributed by atoms with Gasteiger partial charge in [-0.15, -0.1) is 0 Å². The van der Waals surface area contributed by atoms with Gasteiger partial charge in [-0.25, -0.2) is 4.98 Å². The molecule has 1 aliphatic rings. The smallest absolute Gasteiger partial charge is 0.252 e. The quantitative estimate of drug-likeness (QED) is 0.355. The van der Waals surface area contributed by atoms with E-state index >= 15 is 0 Å². The SMILES string of the molecule is Cc1ccc(OCCN(C)C)cc1C(=O)NC(C)c1cc(-c2cnn(C3CC3)c2)nc2ccccc12. The van der Waals surface area contributed by atoms with Crippen LogP contribution in [0, 0.1) is 6.92 Å². The number of likely N-dealkylation sites (N-methyl/N-ethyl adjacent to an activating group) is 1. The second-order valence-electron chi connectivity index (χ2n) is 9.88. The molecule has 0 bridgehead atoms. The zero-order valence-electron chi connectivity index (χ0n) is 21.4. The normalized spacial score (nSPS) is 14.2. The first-order valence-electron chi connectivity index (χ1n) is 12.5. The van der Waals surface area contributed by atoms with E-state index in [1.807, 2.05) is 75.2 Å². The van der Waals surface area contributed by atoms with Gasteiger partial charge in [0.25, 0.3) is 5.91 Å². The molecule has 0 radical (unpaired) electrons. The van der Waals surface area contributed by atoms with Crippen LogP contribution in [0.15, 0.2) is 60.9 Å². The van der Waals surface area contributed by atoms with Gasteiger partial charge in [0.1, 0.15) is 12.4 Å². The Balaban J connectivity index is 1.40. The van der Waals surface area contributed by atoms with E-state index in [2.05, 4.69) is 33.6 Å². The molecule has 36 heavy (non-hydrogen) atoms. The summed E-state index contributed by atoms with van der Waals surface area (Å²) in [4.78, 5) is 20.3. The Bertz CT molecular complexity index is 1390. The highest BCUT2D eigenvalue weighted by Crippen LogP contribution is 2.36. The van der Waals surface area contributed by atoms with Crippen LogP contribution in [-0.4, -0.2) is 52.8 Å². The average molecular weight is 484 g/mol. The van der Waals surface area contributed by atoms with Gasteiger partial charge < -0.3 is 15.0 Å². The van der Waals surface area contributed by atoms with Crippen LogP contribution >= 0.6 is 0 Å². The van der Waals surface area contributed by atoms with Gasteiger partial charge in [0, 0.05) is 29.3 Å². The van der Waals surface area contributed by atoms with Crippen molar-refractivity contribution in [3.05, 3.63) is 77.6 Å². The molecule has 5 rings (SSSR count). The van der Waals surface area contributed by atoms with E-state index in [0.717, 1.165) is 39.8 Å². The Hall–Kier alpha value is -3.71. The number of carbonyl (C=O) groups excluding carboxylic acids is 1. The lowest BCUT2D eigenvalue weighted by Crippen LogP contribution is -2.27. The molecular weight excluding hydrogens is 450 g/mol. The third-order valence-corrected chi connectivity index (χ3v) is 6.64. The molecule has 0 saturated heterocycles. The summed E-state index contributed by atoms with van der Waals surface area (Å²) in [6.07, 6.45) is 6.32. The van der Waals surface area contributed by atoms with Crippen molar-refractivity contribution < 1.29 is 9.53 Å². The van der Waals surface area contributed by atoms with Gasteiger partial charge in [0.2, 0.25) is 0 Å². The van der Waals surface area contributed by atoms with Crippen LogP contribution in [0.2, 0.25) is 0 Å². The number of fused-ring (bicyclic) bond motifs is 1. The molecule has 1 saturated carbocycles. The first-order chi connectivity index (χ1) is 17.4. The van der Waals surface area contributed by atoms with Crippen molar-refractivity contribution in [1.29, 1.82) is 0 Å². The second-order valence-corrected chi connectivity index (χ2v) is 9.88. The van der Waals surface area contributed by atoms with Crippen molar-refractivity contribution in [2.75, 3.05) is 27.2 Å². The van der Waals surface area contributed by atoms with Gasteiger partial charge >= 0.3 is 0 Å². The van der Waals surface area contributed by atoms with E-state index in [9.17, 15) is 4.79 Å². The van der Waals surface area contributed by atoms with Crippen LogP contribution in [0.5, 0.6) is 5.75 Å². The van der Waals surface area contributed by atoms with Gasteiger partial charge in [0.15, 0.2) is 0 Å². The predicted octanol–water partition coefficient (Wildman–Crippen LogP) is 5.17. The summed E-state index contributed by atoms with van der Waals surface area (Å²) < 4.78 is 7.90. The molecule has 1 fully saturated rings. The lowest BCUT2D eigenvalue weighted by Gasteiger charge is -2.19. The molecule has 4 aromatic rings. The number of carbonyl (C=O) groups is 1. The minimum absolute atomic E-state index is 0.123. The van der Waals surface area contributed by atoms with Gasteiger partial charge in [0.05, 0.1) is 29.5 Å². The van der Waals surface area contributed by atoms with Crippen LogP contribution in [0.3, 0.4) is 0 Å². The first kappa shape index (κ1) is 24.0. The molecule has 1 amide bonds. The fourth-order valence-electron chi connectivity index (χ4n) is 4.35. The number of amides is 1. The van der Waals surface area contributed by atoms with Crippen LogP contribution in [0.25, 0.3) is 22.2 Å². The summed E-state index contributed by atoms with van der Waals surface area (Å²) in [6.45, 7) is 5.34. The summed E-state index contributed by atoms with van der Waals surface area (Å²) >= 11 is 0. The second kappa shape index (κ2) is 10.1. The highest BCUT2D eigenvalue weighted by atomic mass is 16.5. The molecule has 7 heteroatoms. The van der Waals surface area contributed by atoms with Crippen molar-refractivity contribution in [3.63, 3.8) is 0 Å². The number of nitrogens with one attached hydrogen (secondary N) is 1. The summed E-state index contributed by atoms with van der Waals surface area (Å²) in [5.74, 6) is 0.576. The number of benzene rings is 2. The fraction of sp³-hybridized carbons (Fsp3) is 0.345. The molecular formula is C29H33N5O2. The van der Waals surface area contributed by atoms with Crippen LogP contribution < -0.4 is 10.1 Å². The number of hydrogen-bond donors (Lipinski definition) is 1. The Labute approximate surface area is 212 Å². The number of para-hydroxylation sites is 1. The molecule has 1 atom stereocenters. The maximum atomic E-state index is 13.4. The molecule has 0 aliphatic heterocycles. The van der Waals surface area contributed by atoms with Gasteiger partial charge in [-0.2, -0.15) is 5.10 Å². The lowest BCUT2D eigenvalue weighted by atomic mass is 9.99. The van der Waals surface area contributed by atoms with Gasteiger partial charge in [-0.3, -0.25) is 9.48 Å². The fourth-order valence-corrected chi connectivity index (χ4v) is 4.35. The third kappa shape index (κ3) is 5.26. The number of aryl methyl sites for hydroxylation is 1. The largest absolute Gasteiger partial charge is 0.492 e. The molecule has 0 spiro atoms. The number of nitrogens with zero attached hydrogens (tertiary/aromatic N) is 4. The maximum absolute atomic E-state index is 13.4. The van der Waals surface area contributed by atoms with Crippen molar-refractivity contribution in [3.8, 4) is 17.0 Å². The van der Waals surface area contributed by atoms with E-state index < -0.39 is 0 Å². The topological polar surface area (TPSA) is 72.3 Å².